The smallest absolute Gasteiger partial charge is 0.266 e. The Kier molecular flexibility index (Phi) is 6.14. The average molecular weight is 480 g/mol. The average Bonchev–Trinajstić information content (AvgIpc) is 3.17. The number of hydrogen-bond donors (Lipinski definition) is 0. The molecule has 5 aromatic rings. The van der Waals surface area contributed by atoms with Gasteiger partial charge in [0.15, 0.2) is 10.9 Å². The van der Waals surface area contributed by atoms with Gasteiger partial charge >= 0.3 is 0 Å². The number of carbonyl (C=O) groups excluding carboxylic acids is 1. The van der Waals surface area contributed by atoms with Gasteiger partial charge in [0, 0.05) is 22.6 Å². The van der Waals surface area contributed by atoms with Crippen molar-refractivity contribution < 1.29 is 4.79 Å². The monoisotopic (exact) mass is 479 g/mol. The highest BCUT2D eigenvalue weighted by Crippen LogP contribution is 2.25. The predicted octanol–water partition coefficient (Wildman–Crippen LogP) is 6.08. The third-order valence-corrected chi connectivity index (χ3v) is 7.05. The Morgan fingerprint density at radius 2 is 1.49 bits per heavy atom. The number of rotatable bonds is 6. The van der Waals surface area contributed by atoms with Crippen molar-refractivity contribution >= 4 is 28.4 Å². The van der Waals surface area contributed by atoms with Crippen LogP contribution in [0, 0.1) is 20.8 Å². The lowest BCUT2D eigenvalue weighted by Crippen LogP contribution is -2.22. The number of nitrogens with zero attached hydrogens (tertiary/aromatic N) is 3. The van der Waals surface area contributed by atoms with Crippen LogP contribution >= 0.6 is 11.8 Å². The van der Waals surface area contributed by atoms with Gasteiger partial charge < -0.3 is 4.57 Å². The van der Waals surface area contributed by atoms with Crippen LogP contribution in [0.25, 0.3) is 22.3 Å². The van der Waals surface area contributed by atoms with E-state index in [0.29, 0.717) is 21.6 Å². The first-order chi connectivity index (χ1) is 16.9. The summed E-state index contributed by atoms with van der Waals surface area (Å²) in [4.78, 5) is 31.5. The predicted molar refractivity (Wildman–Crippen MR) is 142 cm³/mol. The maximum absolute atomic E-state index is 13.4. The van der Waals surface area contributed by atoms with E-state index in [1.165, 1.54) is 11.8 Å². The van der Waals surface area contributed by atoms with Gasteiger partial charge in [0.1, 0.15) is 0 Å². The molecule has 0 saturated heterocycles. The molecule has 0 saturated carbocycles. The molecule has 0 N–H and O–H groups in total. The van der Waals surface area contributed by atoms with Crippen molar-refractivity contribution in [1.82, 2.24) is 14.1 Å². The van der Waals surface area contributed by atoms with E-state index in [1.54, 1.807) is 10.6 Å². The van der Waals surface area contributed by atoms with Crippen LogP contribution in [0.15, 0.2) is 94.9 Å². The molecule has 0 spiro atoms. The zero-order valence-electron chi connectivity index (χ0n) is 19.9. The summed E-state index contributed by atoms with van der Waals surface area (Å²) < 4.78 is 3.70. The fraction of sp³-hybridized carbons (Fsp3) is 0.138. The van der Waals surface area contributed by atoms with Crippen molar-refractivity contribution in [3.8, 4) is 11.4 Å². The standard InChI is InChI=1S/C29H25N3O2S/c1-19-13-15-23(16-14-19)32-28(34)24-11-7-8-12-26(24)30-29(32)35-18-27(33)25-17-20(2)31(21(25)3)22-9-5-4-6-10-22/h4-17H,18H2,1-3H3. The van der Waals surface area contributed by atoms with E-state index >= 15 is 0 Å². The Bertz CT molecular complexity index is 1600. The number of thioether (sulfide) groups is 1. The van der Waals surface area contributed by atoms with Crippen LogP contribution in [0.1, 0.15) is 27.3 Å². The van der Waals surface area contributed by atoms with Gasteiger partial charge in [-0.05, 0) is 63.2 Å². The van der Waals surface area contributed by atoms with Gasteiger partial charge in [-0.25, -0.2) is 4.98 Å². The van der Waals surface area contributed by atoms with Crippen molar-refractivity contribution in [1.29, 1.82) is 0 Å². The van der Waals surface area contributed by atoms with E-state index in [1.807, 2.05) is 99.6 Å². The van der Waals surface area contributed by atoms with E-state index in [4.69, 9.17) is 4.98 Å². The molecule has 3 aromatic carbocycles. The largest absolute Gasteiger partial charge is 0.318 e. The first kappa shape index (κ1) is 22.9. The van der Waals surface area contributed by atoms with Gasteiger partial charge in [0.05, 0.1) is 22.3 Å². The van der Waals surface area contributed by atoms with E-state index in [9.17, 15) is 9.59 Å². The van der Waals surface area contributed by atoms with Gasteiger partial charge in [-0.2, -0.15) is 0 Å². The van der Waals surface area contributed by atoms with E-state index < -0.39 is 0 Å². The van der Waals surface area contributed by atoms with Crippen LogP contribution in [-0.4, -0.2) is 25.7 Å². The fourth-order valence-corrected chi connectivity index (χ4v) is 5.25. The van der Waals surface area contributed by atoms with Crippen LogP contribution < -0.4 is 5.56 Å². The number of aryl methyl sites for hydroxylation is 2. The molecule has 6 heteroatoms. The van der Waals surface area contributed by atoms with Crippen molar-refractivity contribution in [3.05, 3.63) is 118 Å². The van der Waals surface area contributed by atoms with Crippen molar-refractivity contribution in [2.45, 2.75) is 25.9 Å². The lowest BCUT2D eigenvalue weighted by Gasteiger charge is -2.13. The quantitative estimate of drug-likeness (QED) is 0.168. The molecule has 0 unspecified atom stereocenters. The van der Waals surface area contributed by atoms with Crippen LogP contribution in [0.2, 0.25) is 0 Å². The Morgan fingerprint density at radius 3 is 2.23 bits per heavy atom. The first-order valence-corrected chi connectivity index (χ1v) is 12.4. The highest BCUT2D eigenvalue weighted by molar-refractivity contribution is 7.99. The van der Waals surface area contributed by atoms with Gasteiger partial charge in [-0.15, -0.1) is 0 Å². The van der Waals surface area contributed by atoms with Gasteiger partial charge in [0.25, 0.3) is 5.56 Å². The normalized spacial score (nSPS) is 11.2. The number of carbonyl (C=O) groups is 1. The summed E-state index contributed by atoms with van der Waals surface area (Å²) in [6, 6.07) is 27.0. The molecule has 0 bridgehead atoms. The second kappa shape index (κ2) is 9.39. The number of Topliss-reactive ketones (excluding diaryl/α,β-unsaturated/α-hetero) is 1. The molecule has 174 valence electrons. The minimum atomic E-state index is -0.142. The van der Waals surface area contributed by atoms with Crippen molar-refractivity contribution in [3.63, 3.8) is 0 Å². The minimum absolute atomic E-state index is 0.00291. The Labute approximate surface area is 208 Å². The third kappa shape index (κ3) is 4.33. The number of fused-ring (bicyclic) bond motifs is 1. The summed E-state index contributed by atoms with van der Waals surface area (Å²) in [5, 5.41) is 1.05. The number of aromatic nitrogens is 3. The lowest BCUT2D eigenvalue weighted by molar-refractivity contribution is 0.102. The molecule has 35 heavy (non-hydrogen) atoms. The summed E-state index contributed by atoms with van der Waals surface area (Å²) in [6.45, 7) is 5.98. The second-order valence-corrected chi connectivity index (χ2v) is 9.50. The molecule has 2 heterocycles. The number of hydrogen-bond acceptors (Lipinski definition) is 4. The lowest BCUT2D eigenvalue weighted by atomic mass is 10.2. The Hall–Kier alpha value is -3.90. The summed E-state index contributed by atoms with van der Waals surface area (Å²) in [7, 11) is 0. The zero-order chi connectivity index (χ0) is 24.5. The summed E-state index contributed by atoms with van der Waals surface area (Å²) >= 11 is 1.29. The highest BCUT2D eigenvalue weighted by atomic mass is 32.2. The minimum Gasteiger partial charge on any atom is -0.318 e. The molecule has 0 amide bonds. The molecule has 2 aromatic heterocycles. The van der Waals surface area contributed by atoms with Crippen LogP contribution in [0.3, 0.4) is 0 Å². The zero-order valence-corrected chi connectivity index (χ0v) is 20.7. The molecular weight excluding hydrogens is 454 g/mol. The number of para-hydroxylation sites is 2. The van der Waals surface area contributed by atoms with E-state index in [0.717, 1.165) is 28.3 Å². The van der Waals surface area contributed by atoms with Gasteiger partial charge in [-0.1, -0.05) is 59.8 Å². The van der Waals surface area contributed by atoms with Crippen LogP contribution in [-0.2, 0) is 0 Å². The highest BCUT2D eigenvalue weighted by Gasteiger charge is 2.19. The Morgan fingerprint density at radius 1 is 0.829 bits per heavy atom. The SMILES string of the molecule is Cc1ccc(-n2c(SCC(=O)c3cc(C)n(-c4ccccc4)c3C)nc3ccccc3c2=O)cc1. The fourth-order valence-electron chi connectivity index (χ4n) is 4.36. The van der Waals surface area contributed by atoms with E-state index in [2.05, 4.69) is 4.57 Å². The molecule has 0 atom stereocenters. The van der Waals surface area contributed by atoms with Crippen molar-refractivity contribution in [2.75, 3.05) is 5.75 Å². The third-order valence-electron chi connectivity index (χ3n) is 6.12. The maximum Gasteiger partial charge on any atom is 0.266 e. The molecule has 0 fully saturated rings. The molecule has 0 aliphatic rings. The van der Waals surface area contributed by atoms with Crippen LogP contribution in [0.4, 0.5) is 0 Å². The number of benzene rings is 3. The summed E-state index contributed by atoms with van der Waals surface area (Å²) in [6.07, 6.45) is 0. The van der Waals surface area contributed by atoms with Crippen molar-refractivity contribution in [2.24, 2.45) is 0 Å². The summed E-state index contributed by atoms with van der Waals surface area (Å²) in [5.41, 5.74) is 5.94. The Balaban J connectivity index is 1.51. The summed E-state index contributed by atoms with van der Waals surface area (Å²) in [5.74, 6) is 0.179. The van der Waals surface area contributed by atoms with Gasteiger partial charge in [0.2, 0.25) is 0 Å². The molecule has 0 radical (unpaired) electrons. The molecule has 5 rings (SSSR count). The molecule has 5 nitrogen and oxygen atoms in total. The topological polar surface area (TPSA) is 56.9 Å². The molecule has 0 aliphatic carbocycles. The van der Waals surface area contributed by atoms with E-state index in [-0.39, 0.29) is 17.1 Å². The number of ketones is 1. The second-order valence-electron chi connectivity index (χ2n) is 8.56. The molecule has 0 aliphatic heterocycles. The maximum atomic E-state index is 13.4. The molecular formula is C29H25N3O2S. The van der Waals surface area contributed by atoms with Gasteiger partial charge in [-0.3, -0.25) is 14.2 Å². The first-order valence-electron chi connectivity index (χ1n) is 11.4. The van der Waals surface area contributed by atoms with Crippen LogP contribution in [0.5, 0.6) is 0 Å².